The quantitative estimate of drug-likeness (QED) is 0.876. The first-order chi connectivity index (χ1) is 8.79. The molecule has 3 rings (SSSR count). The van der Waals surface area contributed by atoms with Crippen LogP contribution >= 0.6 is 0 Å². The van der Waals surface area contributed by atoms with E-state index in [0.29, 0.717) is 0 Å². The first-order valence-corrected chi connectivity index (χ1v) is 6.19. The molecule has 0 radical (unpaired) electrons. The van der Waals surface area contributed by atoms with Crippen molar-refractivity contribution in [3.8, 4) is 17.1 Å². The molecule has 0 bridgehead atoms. The summed E-state index contributed by atoms with van der Waals surface area (Å²) in [7, 11) is 1.70. The number of hydrogen-bond donors (Lipinski definition) is 1. The van der Waals surface area contributed by atoms with E-state index >= 15 is 0 Å². The van der Waals surface area contributed by atoms with Gasteiger partial charge in [-0.25, -0.2) is 4.98 Å². The highest BCUT2D eigenvalue weighted by atomic mass is 16.5. The lowest BCUT2D eigenvalue weighted by molar-refractivity contribution is 0.411. The number of hydrogen-bond acceptors (Lipinski definition) is 3. The number of benzene rings is 1. The average molecular weight is 243 g/mol. The number of nitrogens with zero attached hydrogens (tertiary/aromatic N) is 2. The van der Waals surface area contributed by atoms with Crippen LogP contribution in [0.15, 0.2) is 24.4 Å². The van der Waals surface area contributed by atoms with Crippen LogP contribution in [-0.2, 0) is 13.1 Å². The van der Waals surface area contributed by atoms with Gasteiger partial charge in [0.2, 0.25) is 0 Å². The second kappa shape index (κ2) is 4.46. The highest BCUT2D eigenvalue weighted by Gasteiger charge is 2.15. The Hall–Kier alpha value is -1.81. The van der Waals surface area contributed by atoms with E-state index in [1.54, 1.807) is 7.11 Å². The summed E-state index contributed by atoms with van der Waals surface area (Å²) in [6.45, 7) is 4.95. The third-order valence-corrected chi connectivity index (χ3v) is 3.41. The molecule has 0 saturated heterocycles. The highest BCUT2D eigenvalue weighted by Crippen LogP contribution is 2.26. The fraction of sp³-hybridized carbons (Fsp3) is 0.357. The van der Waals surface area contributed by atoms with Crippen molar-refractivity contribution in [2.45, 2.75) is 20.0 Å². The molecule has 1 aliphatic rings. The van der Waals surface area contributed by atoms with Crippen LogP contribution in [0.1, 0.15) is 11.3 Å². The van der Waals surface area contributed by atoms with Crippen molar-refractivity contribution in [1.29, 1.82) is 0 Å². The predicted molar refractivity (Wildman–Crippen MR) is 70.7 cm³/mol. The lowest BCUT2D eigenvalue weighted by atomic mass is 10.1. The summed E-state index contributed by atoms with van der Waals surface area (Å²) in [5, 5.41) is 3.35. The van der Waals surface area contributed by atoms with Crippen molar-refractivity contribution in [2.24, 2.45) is 0 Å². The summed E-state index contributed by atoms with van der Waals surface area (Å²) in [4.78, 5) is 4.55. The minimum absolute atomic E-state index is 0.905. The Balaban J connectivity index is 2.04. The Morgan fingerprint density at radius 2 is 2.28 bits per heavy atom. The van der Waals surface area contributed by atoms with Crippen LogP contribution in [0.3, 0.4) is 0 Å². The van der Waals surface area contributed by atoms with Gasteiger partial charge in [0.25, 0.3) is 0 Å². The topological polar surface area (TPSA) is 39.1 Å². The second-order valence-electron chi connectivity index (χ2n) is 4.59. The summed E-state index contributed by atoms with van der Waals surface area (Å²) in [5.74, 6) is 1.98. The van der Waals surface area contributed by atoms with Crippen LogP contribution in [0.4, 0.5) is 0 Å². The van der Waals surface area contributed by atoms with Gasteiger partial charge in [0.05, 0.1) is 19.0 Å². The van der Waals surface area contributed by atoms with E-state index in [-0.39, 0.29) is 0 Å². The standard InChI is InChI=1S/C14H17N3O/c1-10-7-11(3-4-13(10)18-2)14-16-9-12-8-15-5-6-17(12)14/h3-4,7,9,15H,5-6,8H2,1-2H3. The summed E-state index contributed by atoms with van der Waals surface area (Å²) in [6.07, 6.45) is 1.96. The fourth-order valence-electron chi connectivity index (χ4n) is 2.46. The molecule has 4 nitrogen and oxygen atoms in total. The Morgan fingerprint density at radius 3 is 3.06 bits per heavy atom. The Kier molecular flexibility index (Phi) is 2.80. The van der Waals surface area contributed by atoms with E-state index in [2.05, 4.69) is 33.9 Å². The van der Waals surface area contributed by atoms with Crippen LogP contribution in [-0.4, -0.2) is 23.2 Å². The normalized spacial score (nSPS) is 14.3. The van der Waals surface area contributed by atoms with Gasteiger partial charge >= 0.3 is 0 Å². The lowest BCUT2D eigenvalue weighted by Crippen LogP contribution is -2.27. The van der Waals surface area contributed by atoms with Gasteiger partial charge in [-0.1, -0.05) is 0 Å². The molecule has 1 aromatic heterocycles. The van der Waals surface area contributed by atoms with Gasteiger partial charge in [-0.2, -0.15) is 0 Å². The SMILES string of the molecule is COc1ccc(-c2ncc3n2CCNC3)cc1C. The summed E-state index contributed by atoms with van der Waals surface area (Å²) in [6, 6.07) is 6.22. The van der Waals surface area contributed by atoms with Crippen molar-refractivity contribution in [3.05, 3.63) is 35.7 Å². The van der Waals surface area contributed by atoms with Gasteiger partial charge in [-0.15, -0.1) is 0 Å². The second-order valence-corrected chi connectivity index (χ2v) is 4.59. The average Bonchev–Trinajstić information content (AvgIpc) is 2.82. The van der Waals surface area contributed by atoms with Gasteiger partial charge < -0.3 is 14.6 Å². The molecule has 0 spiro atoms. The number of imidazole rings is 1. The van der Waals surface area contributed by atoms with Gasteiger partial charge in [0, 0.05) is 25.2 Å². The highest BCUT2D eigenvalue weighted by molar-refractivity contribution is 5.59. The van der Waals surface area contributed by atoms with Crippen LogP contribution in [0.5, 0.6) is 5.75 Å². The zero-order chi connectivity index (χ0) is 12.5. The third kappa shape index (κ3) is 1.78. The number of aromatic nitrogens is 2. The summed E-state index contributed by atoms with van der Waals surface area (Å²) >= 11 is 0. The molecule has 94 valence electrons. The number of nitrogens with one attached hydrogen (secondary N) is 1. The monoisotopic (exact) mass is 243 g/mol. The first-order valence-electron chi connectivity index (χ1n) is 6.19. The van der Waals surface area contributed by atoms with E-state index in [4.69, 9.17) is 4.74 Å². The summed E-state index contributed by atoms with van der Waals surface area (Å²) in [5.41, 5.74) is 3.55. The van der Waals surface area contributed by atoms with Crippen LogP contribution in [0, 0.1) is 6.92 Å². The van der Waals surface area contributed by atoms with Crippen molar-refractivity contribution in [3.63, 3.8) is 0 Å². The number of aryl methyl sites for hydroxylation is 1. The number of ether oxygens (including phenoxy) is 1. The van der Waals surface area contributed by atoms with E-state index < -0.39 is 0 Å². The first kappa shape index (κ1) is 11.3. The Labute approximate surface area is 107 Å². The van der Waals surface area contributed by atoms with Gasteiger partial charge in [0.1, 0.15) is 11.6 Å². The predicted octanol–water partition coefficient (Wildman–Crippen LogP) is 1.97. The largest absolute Gasteiger partial charge is 0.496 e. The molecule has 1 aliphatic heterocycles. The number of rotatable bonds is 2. The molecule has 0 saturated carbocycles. The van der Waals surface area contributed by atoms with Gasteiger partial charge in [0.15, 0.2) is 0 Å². The van der Waals surface area contributed by atoms with Crippen molar-refractivity contribution < 1.29 is 4.74 Å². The molecule has 0 fully saturated rings. The number of methoxy groups -OCH3 is 1. The zero-order valence-corrected chi connectivity index (χ0v) is 10.7. The van der Waals surface area contributed by atoms with E-state index in [9.17, 15) is 0 Å². The molecule has 1 aromatic carbocycles. The Bertz CT molecular complexity index is 574. The van der Waals surface area contributed by atoms with Crippen molar-refractivity contribution in [2.75, 3.05) is 13.7 Å². The molecule has 2 heterocycles. The van der Waals surface area contributed by atoms with Gasteiger partial charge in [-0.3, -0.25) is 0 Å². The van der Waals surface area contributed by atoms with Crippen molar-refractivity contribution in [1.82, 2.24) is 14.9 Å². The minimum Gasteiger partial charge on any atom is -0.496 e. The molecule has 0 aliphatic carbocycles. The Morgan fingerprint density at radius 1 is 1.39 bits per heavy atom. The lowest BCUT2D eigenvalue weighted by Gasteiger charge is -2.18. The maximum atomic E-state index is 5.29. The van der Waals surface area contributed by atoms with Crippen LogP contribution < -0.4 is 10.1 Å². The van der Waals surface area contributed by atoms with E-state index in [1.807, 2.05) is 12.3 Å². The molecule has 2 aromatic rings. The van der Waals surface area contributed by atoms with Crippen LogP contribution in [0.2, 0.25) is 0 Å². The number of fused-ring (bicyclic) bond motifs is 1. The fourth-order valence-corrected chi connectivity index (χ4v) is 2.46. The molecular formula is C14H17N3O. The zero-order valence-electron chi connectivity index (χ0n) is 10.7. The van der Waals surface area contributed by atoms with E-state index in [1.165, 1.54) is 5.69 Å². The molecule has 4 heteroatoms. The van der Waals surface area contributed by atoms with Gasteiger partial charge in [-0.05, 0) is 30.7 Å². The van der Waals surface area contributed by atoms with Crippen molar-refractivity contribution >= 4 is 0 Å². The molecule has 1 N–H and O–H groups in total. The molecule has 0 amide bonds. The molecule has 0 unspecified atom stereocenters. The maximum absolute atomic E-state index is 5.29. The maximum Gasteiger partial charge on any atom is 0.140 e. The summed E-state index contributed by atoms with van der Waals surface area (Å²) < 4.78 is 7.58. The molecular weight excluding hydrogens is 226 g/mol. The van der Waals surface area contributed by atoms with Crippen LogP contribution in [0.25, 0.3) is 11.4 Å². The smallest absolute Gasteiger partial charge is 0.140 e. The molecule has 18 heavy (non-hydrogen) atoms. The van der Waals surface area contributed by atoms with E-state index in [0.717, 1.165) is 42.3 Å². The third-order valence-electron chi connectivity index (χ3n) is 3.41. The minimum atomic E-state index is 0.905. The molecule has 0 atom stereocenters.